The van der Waals surface area contributed by atoms with Crippen molar-refractivity contribution in [2.75, 3.05) is 26.7 Å². The molecule has 5 nitrogen and oxygen atoms in total. The van der Waals surface area contributed by atoms with Crippen molar-refractivity contribution in [1.29, 1.82) is 0 Å². The van der Waals surface area contributed by atoms with Crippen LogP contribution in [0.4, 0.5) is 0 Å². The highest BCUT2D eigenvalue weighted by Crippen LogP contribution is 2.56. The van der Waals surface area contributed by atoms with Crippen LogP contribution in [0.1, 0.15) is 48.4 Å². The Morgan fingerprint density at radius 3 is 2.11 bits per heavy atom. The van der Waals surface area contributed by atoms with Crippen LogP contribution in [0.3, 0.4) is 0 Å². The lowest BCUT2D eigenvalue weighted by Gasteiger charge is -2.43. The van der Waals surface area contributed by atoms with E-state index in [2.05, 4.69) is 65.7 Å². The highest BCUT2D eigenvalue weighted by Gasteiger charge is 2.62. The minimum Gasteiger partial charge on any atom is -0.347 e. The predicted molar refractivity (Wildman–Crippen MR) is 151 cm³/mol. The second-order valence-corrected chi connectivity index (χ2v) is 11.3. The molecule has 2 aliphatic rings. The number of hydrogen-bond donors (Lipinski definition) is 1. The maximum atomic E-state index is 14.0. The van der Waals surface area contributed by atoms with E-state index in [1.807, 2.05) is 48.3 Å². The van der Waals surface area contributed by atoms with E-state index in [1.165, 1.54) is 11.1 Å². The molecule has 1 N–H and O–H groups in total. The first-order chi connectivity index (χ1) is 18.3. The Morgan fingerprint density at radius 1 is 0.895 bits per heavy atom. The van der Waals surface area contributed by atoms with Crippen molar-refractivity contribution in [2.24, 2.45) is 5.92 Å². The molecule has 2 fully saturated rings. The third-order valence-electron chi connectivity index (χ3n) is 8.59. The zero-order chi connectivity index (χ0) is 26.8. The first-order valence-electron chi connectivity index (χ1n) is 13.8. The van der Waals surface area contributed by atoms with Crippen LogP contribution in [-0.4, -0.2) is 48.3 Å². The molecule has 1 aliphatic heterocycles. The van der Waals surface area contributed by atoms with Crippen molar-refractivity contribution in [1.82, 2.24) is 15.1 Å². The van der Waals surface area contributed by atoms with Gasteiger partial charge in [-0.25, -0.2) is 0 Å². The van der Waals surface area contributed by atoms with Crippen LogP contribution >= 0.6 is 0 Å². The number of aryl methyl sites for hydroxylation is 1. The minimum absolute atomic E-state index is 0.00920. The van der Waals surface area contributed by atoms with Gasteiger partial charge in [-0.3, -0.25) is 9.59 Å². The van der Waals surface area contributed by atoms with E-state index in [4.69, 9.17) is 0 Å². The molecule has 198 valence electrons. The second kappa shape index (κ2) is 10.7. The van der Waals surface area contributed by atoms with Crippen molar-refractivity contribution in [3.63, 3.8) is 0 Å². The monoisotopic (exact) mass is 509 g/mol. The molecule has 5 heteroatoms. The number of rotatable bonds is 8. The van der Waals surface area contributed by atoms with E-state index >= 15 is 0 Å². The number of likely N-dealkylation sites (N-methyl/N-ethyl adjacent to an activating group) is 1. The Labute approximate surface area is 226 Å². The maximum Gasteiger partial charge on any atom is 0.233 e. The summed E-state index contributed by atoms with van der Waals surface area (Å²) in [6, 6.07) is 29.1. The predicted octanol–water partition coefficient (Wildman–Crippen LogP) is 5.04. The number of likely N-dealkylation sites (tertiary alicyclic amines) is 1. The number of amides is 2. The standard InChI is InChI=1S/C33H39N3O2/c1-25-14-16-29(17-15-25)33(31(38)35(3)23-27-10-6-4-7-11-27)22-30(33)24-36-20-18-32(19-21-36,34-26(2)37)28-12-8-5-9-13-28/h4-17,30H,18-24H2,1-3H3,(H,34,37). The van der Waals surface area contributed by atoms with Gasteiger partial charge in [0.2, 0.25) is 11.8 Å². The normalized spacial score (nSPS) is 22.4. The van der Waals surface area contributed by atoms with Crippen molar-refractivity contribution in [2.45, 2.75) is 50.6 Å². The van der Waals surface area contributed by atoms with Gasteiger partial charge in [0.05, 0.1) is 11.0 Å². The smallest absolute Gasteiger partial charge is 0.233 e. The number of piperidine rings is 1. The van der Waals surface area contributed by atoms with E-state index in [1.54, 1.807) is 6.92 Å². The Hall–Kier alpha value is -3.44. The molecular formula is C33H39N3O2. The molecule has 2 atom stereocenters. The van der Waals surface area contributed by atoms with Gasteiger partial charge in [-0.05, 0) is 48.8 Å². The molecule has 3 aromatic carbocycles. The highest BCUT2D eigenvalue weighted by atomic mass is 16.2. The molecule has 1 aliphatic carbocycles. The van der Waals surface area contributed by atoms with E-state index < -0.39 is 5.41 Å². The fraction of sp³-hybridized carbons (Fsp3) is 0.394. The topological polar surface area (TPSA) is 52.7 Å². The Kier molecular flexibility index (Phi) is 7.40. The van der Waals surface area contributed by atoms with E-state index in [-0.39, 0.29) is 23.3 Å². The van der Waals surface area contributed by atoms with Crippen LogP contribution in [0.2, 0.25) is 0 Å². The summed E-state index contributed by atoms with van der Waals surface area (Å²) >= 11 is 0. The quantitative estimate of drug-likeness (QED) is 0.463. The average molecular weight is 510 g/mol. The van der Waals surface area contributed by atoms with Crippen molar-refractivity contribution >= 4 is 11.8 Å². The number of carbonyl (C=O) groups excluding carboxylic acids is 2. The molecule has 5 rings (SSSR count). The zero-order valence-corrected chi connectivity index (χ0v) is 22.8. The third kappa shape index (κ3) is 5.25. The van der Waals surface area contributed by atoms with Gasteiger partial charge in [0, 0.05) is 40.2 Å². The fourth-order valence-corrected chi connectivity index (χ4v) is 6.42. The number of hydrogen-bond acceptors (Lipinski definition) is 3. The first-order valence-corrected chi connectivity index (χ1v) is 13.8. The summed E-state index contributed by atoms with van der Waals surface area (Å²) < 4.78 is 0. The maximum absolute atomic E-state index is 14.0. The summed E-state index contributed by atoms with van der Waals surface area (Å²) in [5, 5.41) is 3.28. The van der Waals surface area contributed by atoms with Gasteiger partial charge in [-0.2, -0.15) is 0 Å². The van der Waals surface area contributed by atoms with Crippen LogP contribution in [0.25, 0.3) is 0 Å². The lowest BCUT2D eigenvalue weighted by atomic mass is 9.80. The molecule has 2 amide bonds. The zero-order valence-electron chi connectivity index (χ0n) is 22.8. The summed E-state index contributed by atoms with van der Waals surface area (Å²) in [6.45, 7) is 6.98. The summed E-state index contributed by atoms with van der Waals surface area (Å²) in [5.74, 6) is 0.500. The highest BCUT2D eigenvalue weighted by molar-refractivity contribution is 5.92. The molecule has 0 aromatic heterocycles. The Bertz CT molecular complexity index is 1250. The average Bonchev–Trinajstić information content (AvgIpc) is 3.65. The van der Waals surface area contributed by atoms with E-state index in [0.717, 1.165) is 50.0 Å². The van der Waals surface area contributed by atoms with Crippen LogP contribution < -0.4 is 5.32 Å². The summed E-state index contributed by atoms with van der Waals surface area (Å²) in [7, 11) is 1.93. The van der Waals surface area contributed by atoms with E-state index in [9.17, 15) is 9.59 Å². The number of benzene rings is 3. The van der Waals surface area contributed by atoms with Gasteiger partial charge in [0.15, 0.2) is 0 Å². The third-order valence-corrected chi connectivity index (χ3v) is 8.59. The lowest BCUT2D eigenvalue weighted by molar-refractivity contribution is -0.133. The van der Waals surface area contributed by atoms with Gasteiger partial charge in [0.25, 0.3) is 0 Å². The molecule has 1 saturated heterocycles. The van der Waals surface area contributed by atoms with Crippen LogP contribution in [-0.2, 0) is 27.1 Å². The fourth-order valence-electron chi connectivity index (χ4n) is 6.42. The molecule has 1 heterocycles. The molecule has 1 saturated carbocycles. The molecule has 0 radical (unpaired) electrons. The van der Waals surface area contributed by atoms with Gasteiger partial charge < -0.3 is 15.1 Å². The van der Waals surface area contributed by atoms with Crippen molar-refractivity contribution in [3.05, 3.63) is 107 Å². The Balaban J connectivity index is 1.31. The molecule has 38 heavy (non-hydrogen) atoms. The van der Waals surface area contributed by atoms with Crippen LogP contribution in [0.5, 0.6) is 0 Å². The van der Waals surface area contributed by atoms with Gasteiger partial charge in [-0.1, -0.05) is 90.5 Å². The van der Waals surface area contributed by atoms with Gasteiger partial charge in [0.1, 0.15) is 0 Å². The van der Waals surface area contributed by atoms with Crippen molar-refractivity contribution < 1.29 is 9.59 Å². The second-order valence-electron chi connectivity index (χ2n) is 11.3. The minimum atomic E-state index is -0.469. The molecule has 2 unspecified atom stereocenters. The molecular weight excluding hydrogens is 470 g/mol. The van der Waals surface area contributed by atoms with Gasteiger partial charge >= 0.3 is 0 Å². The first kappa shape index (κ1) is 26.2. The molecule has 0 spiro atoms. The SMILES string of the molecule is CC(=O)NC1(c2ccccc2)CCN(CC2CC2(C(=O)N(C)Cc2ccccc2)c2ccc(C)cc2)CC1. The van der Waals surface area contributed by atoms with Crippen LogP contribution in [0.15, 0.2) is 84.9 Å². The van der Waals surface area contributed by atoms with Gasteiger partial charge in [-0.15, -0.1) is 0 Å². The van der Waals surface area contributed by atoms with Crippen LogP contribution in [0, 0.1) is 12.8 Å². The lowest BCUT2D eigenvalue weighted by Crippen LogP contribution is -2.53. The summed E-state index contributed by atoms with van der Waals surface area (Å²) in [6.07, 6.45) is 2.60. The largest absolute Gasteiger partial charge is 0.347 e. The van der Waals surface area contributed by atoms with E-state index in [0.29, 0.717) is 6.54 Å². The number of nitrogens with one attached hydrogen (secondary N) is 1. The molecule has 0 bridgehead atoms. The Morgan fingerprint density at radius 2 is 1.50 bits per heavy atom. The summed E-state index contributed by atoms with van der Waals surface area (Å²) in [5.41, 5.74) is 3.86. The summed E-state index contributed by atoms with van der Waals surface area (Å²) in [4.78, 5) is 30.6. The molecule has 3 aromatic rings. The number of nitrogens with zero attached hydrogens (tertiary/aromatic N) is 2. The van der Waals surface area contributed by atoms with Crippen molar-refractivity contribution in [3.8, 4) is 0 Å². The number of carbonyl (C=O) groups is 2.